The molecule has 4 rings (SSSR count). The van der Waals surface area contributed by atoms with Gasteiger partial charge in [-0.3, -0.25) is 24.0 Å². The lowest BCUT2D eigenvalue weighted by molar-refractivity contribution is -0.168. The van der Waals surface area contributed by atoms with Gasteiger partial charge in [-0.1, -0.05) is 135 Å². The third-order valence-corrected chi connectivity index (χ3v) is 15.4. The van der Waals surface area contributed by atoms with Crippen LogP contribution in [0.4, 0.5) is 0 Å². The summed E-state index contributed by atoms with van der Waals surface area (Å²) in [6.45, 7) is 3.50. The minimum atomic E-state index is -1.14. The van der Waals surface area contributed by atoms with Gasteiger partial charge in [-0.2, -0.15) is 0 Å². The molecule has 4 fully saturated rings. The molecule has 13 heteroatoms. The lowest BCUT2D eigenvalue weighted by atomic mass is 9.86. The standard InChI is InChI=1S/C55H94O13/c1-54(39-65-50(59)33-29-43-17-7-3-8-18-43,40-66-51(60)34-30-44-19-9-4-10-20-44)37-63-48(57)27-15-25-47(56)26-16-28-49(58)64-38-55(2,41-67-52(61)35-31-45-21-11-5-12-22-45)42-68-53(62)36-32-46-23-13-6-14-24-46/h43-48,56-57H,3-42H2,1-2H3. The first-order valence-corrected chi connectivity index (χ1v) is 27.5. The molecule has 4 aliphatic carbocycles. The van der Waals surface area contributed by atoms with E-state index >= 15 is 0 Å². The summed E-state index contributed by atoms with van der Waals surface area (Å²) in [6.07, 6.45) is 28.7. The third kappa shape index (κ3) is 25.9. The molecule has 0 spiro atoms. The van der Waals surface area contributed by atoms with Crippen molar-refractivity contribution in [3.63, 3.8) is 0 Å². The molecule has 4 saturated carbocycles. The first-order valence-electron chi connectivity index (χ1n) is 27.5. The molecule has 0 aromatic heterocycles. The van der Waals surface area contributed by atoms with Gasteiger partial charge in [0, 0.05) is 32.1 Å². The number of ether oxygens (including phenoxy) is 6. The molecular weight excluding hydrogens is 869 g/mol. The summed E-state index contributed by atoms with van der Waals surface area (Å²) in [6, 6.07) is 0. The molecule has 2 atom stereocenters. The first kappa shape index (κ1) is 57.8. The van der Waals surface area contributed by atoms with Gasteiger partial charge >= 0.3 is 29.8 Å². The van der Waals surface area contributed by atoms with Crippen molar-refractivity contribution in [1.29, 1.82) is 0 Å². The maximum Gasteiger partial charge on any atom is 0.305 e. The van der Waals surface area contributed by atoms with E-state index in [9.17, 15) is 34.2 Å². The van der Waals surface area contributed by atoms with E-state index in [1.54, 1.807) is 6.92 Å². The number of rotatable bonds is 33. The smallest absolute Gasteiger partial charge is 0.305 e. The topological polar surface area (TPSA) is 181 Å². The van der Waals surface area contributed by atoms with E-state index in [1.165, 1.54) is 77.0 Å². The zero-order valence-corrected chi connectivity index (χ0v) is 42.6. The van der Waals surface area contributed by atoms with Crippen LogP contribution in [0.2, 0.25) is 0 Å². The van der Waals surface area contributed by atoms with Gasteiger partial charge in [0.15, 0.2) is 6.29 Å². The van der Waals surface area contributed by atoms with Gasteiger partial charge < -0.3 is 38.6 Å². The van der Waals surface area contributed by atoms with Crippen LogP contribution in [0.5, 0.6) is 0 Å². The highest BCUT2D eigenvalue weighted by atomic mass is 16.6. The summed E-state index contributed by atoms with van der Waals surface area (Å²) in [7, 11) is 0. The Morgan fingerprint density at radius 2 is 0.676 bits per heavy atom. The number of aliphatic hydroxyl groups is 2. The second-order valence-corrected chi connectivity index (χ2v) is 22.3. The molecule has 0 amide bonds. The minimum absolute atomic E-state index is 0.00110. The number of hydrogen-bond donors (Lipinski definition) is 2. The maximum absolute atomic E-state index is 12.9. The molecule has 0 aromatic rings. The Balaban J connectivity index is 1.14. The largest absolute Gasteiger partial charge is 0.465 e. The molecule has 0 radical (unpaired) electrons. The molecule has 13 nitrogen and oxygen atoms in total. The van der Waals surface area contributed by atoms with E-state index in [0.29, 0.717) is 75.0 Å². The molecule has 0 bridgehead atoms. The second-order valence-electron chi connectivity index (χ2n) is 22.3. The third-order valence-electron chi connectivity index (χ3n) is 15.4. The Kier molecular flexibility index (Phi) is 28.0. The Morgan fingerprint density at radius 1 is 0.397 bits per heavy atom. The first-order chi connectivity index (χ1) is 32.8. The van der Waals surface area contributed by atoms with Crippen molar-refractivity contribution < 1.29 is 62.6 Å². The molecule has 2 unspecified atom stereocenters. The van der Waals surface area contributed by atoms with Gasteiger partial charge in [-0.15, -0.1) is 0 Å². The average Bonchev–Trinajstić information content (AvgIpc) is 3.36. The van der Waals surface area contributed by atoms with E-state index in [4.69, 9.17) is 28.4 Å². The van der Waals surface area contributed by atoms with E-state index in [2.05, 4.69) is 0 Å². The zero-order chi connectivity index (χ0) is 48.9. The van der Waals surface area contributed by atoms with Gasteiger partial charge in [0.2, 0.25) is 0 Å². The van der Waals surface area contributed by atoms with E-state index in [-0.39, 0.29) is 76.4 Å². The van der Waals surface area contributed by atoms with Crippen LogP contribution >= 0.6 is 0 Å². The number of carbonyl (C=O) groups is 5. The van der Waals surface area contributed by atoms with Crippen molar-refractivity contribution in [3.05, 3.63) is 0 Å². The Morgan fingerprint density at radius 3 is 1.00 bits per heavy atom. The fourth-order valence-corrected chi connectivity index (χ4v) is 10.6. The SMILES string of the molecule is CC(COC(=O)CCCC(O)CCCC(O)OCC(C)(COC(=O)CCC1CCCCC1)COC(=O)CCC1CCCCC1)(COC(=O)CCC1CCCCC1)COC(=O)CCC1CCCCC1. The number of esters is 5. The molecule has 4 aliphatic rings. The highest BCUT2D eigenvalue weighted by molar-refractivity contribution is 5.71. The van der Waals surface area contributed by atoms with Crippen molar-refractivity contribution >= 4 is 29.8 Å². The Hall–Kier alpha value is -2.77. The highest BCUT2D eigenvalue weighted by Gasteiger charge is 2.33. The molecule has 0 saturated heterocycles. The quantitative estimate of drug-likeness (QED) is 0.0360. The molecular formula is C55H94O13. The molecule has 0 heterocycles. The van der Waals surface area contributed by atoms with Crippen LogP contribution in [0.3, 0.4) is 0 Å². The van der Waals surface area contributed by atoms with Gasteiger partial charge in [0.1, 0.15) is 33.0 Å². The van der Waals surface area contributed by atoms with Crippen molar-refractivity contribution in [2.75, 3.05) is 39.6 Å². The number of hydrogen-bond acceptors (Lipinski definition) is 13. The lowest BCUT2D eigenvalue weighted by Gasteiger charge is -2.30. The minimum Gasteiger partial charge on any atom is -0.465 e. The Bertz CT molecular complexity index is 1350. The van der Waals surface area contributed by atoms with Crippen molar-refractivity contribution in [2.24, 2.45) is 34.5 Å². The highest BCUT2D eigenvalue weighted by Crippen LogP contribution is 2.32. The molecule has 392 valence electrons. The average molecular weight is 963 g/mol. The van der Waals surface area contributed by atoms with Gasteiger partial charge in [0.25, 0.3) is 0 Å². The van der Waals surface area contributed by atoms with Crippen molar-refractivity contribution in [3.8, 4) is 0 Å². The van der Waals surface area contributed by atoms with Crippen molar-refractivity contribution in [1.82, 2.24) is 0 Å². The number of carbonyl (C=O) groups excluding carboxylic acids is 5. The van der Waals surface area contributed by atoms with Crippen LogP contribution in [-0.4, -0.2) is 92.1 Å². The van der Waals surface area contributed by atoms with E-state index in [0.717, 1.165) is 77.0 Å². The van der Waals surface area contributed by atoms with Crippen molar-refractivity contribution in [2.45, 2.75) is 245 Å². The molecule has 68 heavy (non-hydrogen) atoms. The van der Waals surface area contributed by atoms with Crippen LogP contribution in [-0.2, 0) is 52.4 Å². The van der Waals surface area contributed by atoms with Crippen LogP contribution in [0.1, 0.15) is 232 Å². The molecule has 0 aliphatic heterocycles. The fourth-order valence-electron chi connectivity index (χ4n) is 10.6. The summed E-state index contributed by atoms with van der Waals surface area (Å²) >= 11 is 0. The van der Waals surface area contributed by atoms with E-state index in [1.807, 2.05) is 6.92 Å². The lowest BCUT2D eigenvalue weighted by Crippen LogP contribution is -2.37. The summed E-state index contributed by atoms with van der Waals surface area (Å²) in [4.78, 5) is 64.0. The monoisotopic (exact) mass is 963 g/mol. The van der Waals surface area contributed by atoms with Crippen LogP contribution in [0.25, 0.3) is 0 Å². The van der Waals surface area contributed by atoms with Gasteiger partial charge in [-0.25, -0.2) is 0 Å². The zero-order valence-electron chi connectivity index (χ0n) is 42.6. The summed E-state index contributed by atoms with van der Waals surface area (Å²) in [5, 5.41) is 21.5. The second kappa shape index (κ2) is 33.0. The summed E-state index contributed by atoms with van der Waals surface area (Å²) in [5.74, 6) is 0.633. The summed E-state index contributed by atoms with van der Waals surface area (Å²) < 4.78 is 34.3. The maximum atomic E-state index is 12.9. The Labute approximate surface area is 410 Å². The van der Waals surface area contributed by atoms with Gasteiger partial charge in [-0.05, 0) is 88.4 Å². The normalized spacial score (nSPS) is 19.2. The number of aliphatic hydroxyl groups excluding tert-OH is 2. The molecule has 0 aromatic carbocycles. The van der Waals surface area contributed by atoms with Crippen LogP contribution in [0, 0.1) is 34.5 Å². The predicted octanol–water partition coefficient (Wildman–Crippen LogP) is 11.2. The van der Waals surface area contributed by atoms with Crippen LogP contribution < -0.4 is 0 Å². The molecule has 2 N–H and O–H groups in total. The van der Waals surface area contributed by atoms with Crippen LogP contribution in [0.15, 0.2) is 0 Å². The van der Waals surface area contributed by atoms with Gasteiger partial charge in [0.05, 0.1) is 23.5 Å². The fraction of sp³-hybridized carbons (Fsp3) is 0.909. The summed E-state index contributed by atoms with van der Waals surface area (Å²) in [5.41, 5.74) is -1.77. The van der Waals surface area contributed by atoms with E-state index < -0.39 is 29.2 Å². The predicted molar refractivity (Wildman–Crippen MR) is 260 cm³/mol.